The smallest absolute Gasteiger partial charge is 0.407 e. The predicted octanol–water partition coefficient (Wildman–Crippen LogP) is 3.87. The molecule has 2 aromatic rings. The number of benzene rings is 2. The van der Waals surface area contributed by atoms with Crippen LogP contribution in [-0.4, -0.2) is 59.1 Å². The van der Waals surface area contributed by atoms with E-state index in [4.69, 9.17) is 4.74 Å². The summed E-state index contributed by atoms with van der Waals surface area (Å²) in [6, 6.07) is 15.7. The molecule has 1 aliphatic heterocycles. The number of carbonyl (C=O) groups excluding carboxylic acids is 2. The van der Waals surface area contributed by atoms with E-state index in [1.54, 1.807) is 0 Å². The number of rotatable bonds is 6. The Morgan fingerprint density at radius 1 is 1.09 bits per heavy atom. The van der Waals surface area contributed by atoms with E-state index in [9.17, 15) is 28.3 Å². The molecule has 0 radical (unpaired) electrons. The Bertz CT molecular complexity index is 1160. The van der Waals surface area contributed by atoms with Crippen molar-refractivity contribution in [2.45, 2.75) is 37.1 Å². The zero-order valence-electron chi connectivity index (χ0n) is 19.2. The first kappa shape index (κ1) is 23.3. The van der Waals surface area contributed by atoms with Gasteiger partial charge in [-0.2, -0.15) is 0 Å². The highest BCUT2D eigenvalue weighted by atomic mass is 19.3. The Kier molecular flexibility index (Phi) is 5.53. The number of likely N-dealkylation sites (tertiary alicyclic amines) is 1. The molecule has 5 rings (SSSR count). The van der Waals surface area contributed by atoms with E-state index >= 15 is 0 Å². The molecule has 2 N–H and O–H groups in total. The van der Waals surface area contributed by atoms with Crippen molar-refractivity contribution in [2.24, 2.45) is 11.8 Å². The Balaban J connectivity index is 1.19. The van der Waals surface area contributed by atoms with Gasteiger partial charge in [-0.3, -0.25) is 4.79 Å². The largest absolute Gasteiger partial charge is 0.480 e. The van der Waals surface area contributed by atoms with E-state index in [2.05, 4.69) is 5.32 Å². The first-order valence-corrected chi connectivity index (χ1v) is 11.7. The van der Waals surface area contributed by atoms with Crippen molar-refractivity contribution in [3.05, 3.63) is 59.7 Å². The van der Waals surface area contributed by atoms with E-state index < -0.39 is 47.8 Å². The first-order valence-electron chi connectivity index (χ1n) is 11.7. The summed E-state index contributed by atoms with van der Waals surface area (Å²) in [5.74, 6) is -8.59. The van der Waals surface area contributed by atoms with Crippen LogP contribution in [0.25, 0.3) is 11.1 Å². The molecule has 0 unspecified atom stereocenters. The summed E-state index contributed by atoms with van der Waals surface area (Å²) in [5, 5.41) is 11.8. The molecule has 3 atom stereocenters. The van der Waals surface area contributed by atoms with E-state index in [-0.39, 0.29) is 25.5 Å². The molecule has 2 aromatic carbocycles. The maximum absolute atomic E-state index is 14.4. The second-order valence-electron chi connectivity index (χ2n) is 9.64. The zero-order valence-corrected chi connectivity index (χ0v) is 19.2. The lowest BCUT2D eigenvalue weighted by Gasteiger charge is -2.31. The average Bonchev–Trinajstić information content (AvgIpc) is 3.11. The van der Waals surface area contributed by atoms with E-state index in [1.165, 1.54) is 6.92 Å². The van der Waals surface area contributed by atoms with E-state index in [0.717, 1.165) is 27.2 Å². The summed E-state index contributed by atoms with van der Waals surface area (Å²) in [5.41, 5.74) is 2.74. The summed E-state index contributed by atoms with van der Waals surface area (Å²) in [7, 11) is 0. The number of ether oxygens (including phenoxy) is 1. The number of carbonyl (C=O) groups is 3. The number of alkyl halides is 2. The number of alkyl carbamates (subject to hydrolysis) is 1. The van der Waals surface area contributed by atoms with Crippen LogP contribution in [0.2, 0.25) is 0 Å². The van der Waals surface area contributed by atoms with Gasteiger partial charge in [0.2, 0.25) is 5.91 Å². The molecular weight excluding hydrogens is 458 g/mol. The molecule has 0 aromatic heterocycles. The fourth-order valence-corrected chi connectivity index (χ4v) is 5.53. The van der Waals surface area contributed by atoms with Crippen molar-refractivity contribution >= 4 is 18.0 Å². The van der Waals surface area contributed by atoms with E-state index in [0.29, 0.717) is 6.42 Å². The number of aliphatic carboxylic acids is 1. The molecule has 1 saturated heterocycles. The van der Waals surface area contributed by atoms with Crippen molar-refractivity contribution < 1.29 is 33.0 Å². The number of nitrogens with zero attached hydrogens (tertiary/aromatic N) is 1. The van der Waals surface area contributed by atoms with Crippen LogP contribution in [0.4, 0.5) is 13.6 Å². The van der Waals surface area contributed by atoms with Gasteiger partial charge in [0.15, 0.2) is 0 Å². The summed E-state index contributed by atoms with van der Waals surface area (Å²) in [4.78, 5) is 37.8. The molecular formula is C26H26F2N2O5. The minimum atomic E-state index is -3.31. The molecule has 7 nitrogen and oxygen atoms in total. The van der Waals surface area contributed by atoms with Gasteiger partial charge in [0.1, 0.15) is 18.1 Å². The number of hydrogen-bond donors (Lipinski definition) is 2. The molecule has 2 aliphatic carbocycles. The molecule has 35 heavy (non-hydrogen) atoms. The Labute approximate surface area is 201 Å². The molecule has 0 bridgehead atoms. The average molecular weight is 484 g/mol. The molecule has 2 amide bonds. The zero-order chi connectivity index (χ0) is 25.0. The monoisotopic (exact) mass is 484 g/mol. The third-order valence-electron chi connectivity index (χ3n) is 7.65. The first-order chi connectivity index (χ1) is 16.7. The van der Waals surface area contributed by atoms with Gasteiger partial charge in [-0.05, 0) is 42.0 Å². The van der Waals surface area contributed by atoms with Crippen LogP contribution in [0.1, 0.15) is 36.8 Å². The Morgan fingerprint density at radius 2 is 1.69 bits per heavy atom. The number of nitrogens with one attached hydrogen (secondary N) is 1. The topological polar surface area (TPSA) is 95.9 Å². The number of fused-ring (bicyclic) bond motifs is 3. The van der Waals surface area contributed by atoms with Gasteiger partial charge in [-0.25, -0.2) is 18.4 Å². The second kappa shape index (κ2) is 8.32. The highest BCUT2D eigenvalue weighted by molar-refractivity contribution is 5.91. The maximum atomic E-state index is 14.4. The lowest BCUT2D eigenvalue weighted by Crippen LogP contribution is -2.51. The molecule has 9 heteroatoms. The third kappa shape index (κ3) is 3.73. The van der Waals surface area contributed by atoms with Crippen LogP contribution in [-0.2, 0) is 14.3 Å². The lowest BCUT2D eigenvalue weighted by atomic mass is 9.98. The normalized spacial score (nSPS) is 26.1. The Hall–Kier alpha value is -3.49. The lowest BCUT2D eigenvalue weighted by molar-refractivity contribution is -0.156. The van der Waals surface area contributed by atoms with Crippen LogP contribution in [0.3, 0.4) is 0 Å². The molecule has 2 fully saturated rings. The van der Waals surface area contributed by atoms with Crippen molar-refractivity contribution in [1.82, 2.24) is 10.2 Å². The van der Waals surface area contributed by atoms with Crippen molar-refractivity contribution in [3.63, 3.8) is 0 Å². The summed E-state index contributed by atoms with van der Waals surface area (Å²) in [6.07, 6.45) is -0.179. The minimum absolute atomic E-state index is 0.0496. The van der Waals surface area contributed by atoms with Crippen LogP contribution in [0.5, 0.6) is 0 Å². The number of amides is 2. The fourth-order valence-electron chi connectivity index (χ4n) is 5.53. The van der Waals surface area contributed by atoms with Crippen LogP contribution in [0, 0.1) is 11.8 Å². The molecule has 1 saturated carbocycles. The van der Waals surface area contributed by atoms with E-state index in [1.807, 2.05) is 48.5 Å². The van der Waals surface area contributed by atoms with Gasteiger partial charge in [0.25, 0.3) is 5.92 Å². The molecule has 184 valence electrons. The van der Waals surface area contributed by atoms with Crippen LogP contribution in [0.15, 0.2) is 48.5 Å². The standard InChI is InChI=1S/C26H26F2N2O5/c1-25(23(32)33)11-6-12-30(25)22(31)21-20(26(21,27)28)13-29-24(34)35-14-19-17-9-4-2-7-15(17)16-8-3-5-10-18(16)19/h2-5,7-10,19-21H,6,11-14H2,1H3,(H,29,34)(H,32,33)/t20-,21-,25+/m0/s1. The number of halogens is 2. The van der Waals surface area contributed by atoms with Gasteiger partial charge >= 0.3 is 12.1 Å². The molecule has 1 heterocycles. The predicted molar refractivity (Wildman–Crippen MR) is 122 cm³/mol. The number of carboxylic acids is 1. The summed E-state index contributed by atoms with van der Waals surface area (Å²) >= 11 is 0. The highest BCUT2D eigenvalue weighted by Gasteiger charge is 2.73. The third-order valence-corrected chi connectivity index (χ3v) is 7.65. The maximum Gasteiger partial charge on any atom is 0.407 e. The van der Waals surface area contributed by atoms with Crippen molar-refractivity contribution in [1.29, 1.82) is 0 Å². The van der Waals surface area contributed by atoms with Gasteiger partial charge in [-0.15, -0.1) is 0 Å². The highest BCUT2D eigenvalue weighted by Crippen LogP contribution is 2.56. The second-order valence-corrected chi connectivity index (χ2v) is 9.64. The van der Waals surface area contributed by atoms with Crippen molar-refractivity contribution in [3.8, 4) is 11.1 Å². The number of hydrogen-bond acceptors (Lipinski definition) is 4. The quantitative estimate of drug-likeness (QED) is 0.649. The van der Waals surface area contributed by atoms with Crippen molar-refractivity contribution in [2.75, 3.05) is 19.7 Å². The van der Waals surface area contributed by atoms with Gasteiger partial charge in [0.05, 0.1) is 5.92 Å². The Morgan fingerprint density at radius 3 is 2.29 bits per heavy atom. The van der Waals surface area contributed by atoms with Crippen LogP contribution < -0.4 is 5.32 Å². The minimum Gasteiger partial charge on any atom is -0.480 e. The fraction of sp³-hybridized carbons (Fsp3) is 0.423. The molecule has 0 spiro atoms. The SMILES string of the molecule is C[C@]1(C(=O)O)CCCN1C(=O)[C@@H]1[C@H](CNC(=O)OCC2c3ccccc3-c3ccccc32)C1(F)F. The van der Waals surface area contributed by atoms with Gasteiger partial charge < -0.3 is 20.1 Å². The summed E-state index contributed by atoms with van der Waals surface area (Å²) < 4.78 is 34.3. The summed E-state index contributed by atoms with van der Waals surface area (Å²) in [6.45, 7) is 1.12. The molecule has 3 aliphatic rings. The number of carboxylic acid groups (broad SMARTS) is 1. The van der Waals surface area contributed by atoms with Gasteiger partial charge in [0, 0.05) is 19.0 Å². The van der Waals surface area contributed by atoms with Gasteiger partial charge in [-0.1, -0.05) is 48.5 Å². The van der Waals surface area contributed by atoms with Crippen LogP contribution >= 0.6 is 0 Å².